The minimum atomic E-state index is -0.430. The van der Waals surface area contributed by atoms with Gasteiger partial charge in [-0.05, 0) is 18.3 Å². The summed E-state index contributed by atoms with van der Waals surface area (Å²) in [5, 5.41) is 0. The second-order valence-corrected chi connectivity index (χ2v) is 4.15. The summed E-state index contributed by atoms with van der Waals surface area (Å²) in [6.45, 7) is 4.10. The van der Waals surface area contributed by atoms with Crippen LogP contribution in [-0.2, 0) is 14.3 Å². The Labute approximate surface area is 70.4 Å². The van der Waals surface area contributed by atoms with Crippen LogP contribution in [0.15, 0.2) is 11.1 Å². The second-order valence-electron chi connectivity index (χ2n) is 4.15. The molecule has 0 radical (unpaired) electrons. The molecule has 3 nitrogen and oxygen atoms in total. The van der Waals surface area contributed by atoms with Crippen LogP contribution in [0.4, 0.5) is 0 Å². The van der Waals surface area contributed by atoms with Gasteiger partial charge in [-0.25, -0.2) is 9.59 Å². The molecule has 2 aliphatic rings. The third-order valence-electron chi connectivity index (χ3n) is 2.35. The van der Waals surface area contributed by atoms with Crippen molar-refractivity contribution in [3.05, 3.63) is 11.1 Å². The van der Waals surface area contributed by atoms with Gasteiger partial charge in [0.15, 0.2) is 0 Å². The highest BCUT2D eigenvalue weighted by molar-refractivity contribution is 6.13. The van der Waals surface area contributed by atoms with Crippen molar-refractivity contribution in [2.45, 2.75) is 26.7 Å². The summed E-state index contributed by atoms with van der Waals surface area (Å²) in [5.41, 5.74) is 1.26. The van der Waals surface area contributed by atoms with E-state index in [0.29, 0.717) is 24.0 Å². The highest BCUT2D eigenvalue weighted by Gasteiger charge is 2.43. The molecule has 0 aromatic carbocycles. The zero-order valence-corrected chi connectivity index (χ0v) is 7.14. The maximum atomic E-state index is 11.1. The van der Waals surface area contributed by atoms with Gasteiger partial charge in [0.25, 0.3) is 0 Å². The van der Waals surface area contributed by atoms with Crippen molar-refractivity contribution in [1.29, 1.82) is 0 Å². The molecule has 0 bridgehead atoms. The van der Waals surface area contributed by atoms with E-state index in [4.69, 9.17) is 0 Å². The number of cyclic esters (lactones) is 2. The molecule has 1 heterocycles. The first-order valence-electron chi connectivity index (χ1n) is 3.98. The first kappa shape index (κ1) is 7.53. The summed E-state index contributed by atoms with van der Waals surface area (Å²) in [5.74, 6) is -0.860. The summed E-state index contributed by atoms with van der Waals surface area (Å²) >= 11 is 0. The maximum absolute atomic E-state index is 11.1. The molecule has 0 unspecified atom stereocenters. The Morgan fingerprint density at radius 3 is 1.92 bits per heavy atom. The maximum Gasteiger partial charge on any atom is 0.342 e. The molecule has 0 amide bonds. The molecule has 0 aromatic heterocycles. The molecule has 0 fully saturated rings. The quantitative estimate of drug-likeness (QED) is 0.401. The van der Waals surface area contributed by atoms with Gasteiger partial charge in [0, 0.05) is 11.1 Å². The molecule has 64 valence electrons. The van der Waals surface area contributed by atoms with Crippen molar-refractivity contribution in [3.8, 4) is 0 Å². The molecule has 3 heteroatoms. The summed E-state index contributed by atoms with van der Waals surface area (Å²) in [7, 11) is 0. The molecule has 0 saturated carbocycles. The van der Waals surface area contributed by atoms with E-state index in [1.54, 1.807) is 0 Å². The second kappa shape index (κ2) is 1.97. The summed E-state index contributed by atoms with van der Waals surface area (Å²) in [4.78, 5) is 22.1. The van der Waals surface area contributed by atoms with Crippen molar-refractivity contribution in [2.24, 2.45) is 5.41 Å². The van der Waals surface area contributed by atoms with E-state index < -0.39 is 11.9 Å². The fourth-order valence-corrected chi connectivity index (χ4v) is 1.83. The lowest BCUT2D eigenvalue weighted by Crippen LogP contribution is -2.14. The van der Waals surface area contributed by atoms with Crippen LogP contribution in [0.5, 0.6) is 0 Å². The smallest absolute Gasteiger partial charge is 0.342 e. The predicted octanol–water partition coefficient (Wildman–Crippen LogP) is 1.19. The molecule has 0 saturated heterocycles. The molecule has 1 aliphatic carbocycles. The van der Waals surface area contributed by atoms with Crippen molar-refractivity contribution in [3.63, 3.8) is 0 Å². The molecule has 1 aliphatic heterocycles. The van der Waals surface area contributed by atoms with Crippen LogP contribution in [0, 0.1) is 5.41 Å². The Hall–Kier alpha value is -1.12. The van der Waals surface area contributed by atoms with Gasteiger partial charge in [-0.3, -0.25) is 0 Å². The normalized spacial score (nSPS) is 26.2. The first-order valence-corrected chi connectivity index (χ1v) is 3.98. The zero-order valence-electron chi connectivity index (χ0n) is 7.14. The molecule has 0 spiro atoms. The van der Waals surface area contributed by atoms with E-state index in [1.807, 2.05) is 13.8 Å². The van der Waals surface area contributed by atoms with Gasteiger partial charge in [0.1, 0.15) is 0 Å². The van der Waals surface area contributed by atoms with Gasteiger partial charge in [-0.2, -0.15) is 0 Å². The topological polar surface area (TPSA) is 43.4 Å². The minimum absolute atomic E-state index is 0.0553. The van der Waals surface area contributed by atoms with Crippen molar-refractivity contribution in [2.75, 3.05) is 0 Å². The van der Waals surface area contributed by atoms with Gasteiger partial charge in [-0.1, -0.05) is 13.8 Å². The summed E-state index contributed by atoms with van der Waals surface area (Å²) in [6.07, 6.45) is 1.35. The van der Waals surface area contributed by atoms with Gasteiger partial charge in [0.05, 0.1) is 0 Å². The largest absolute Gasteiger partial charge is 0.386 e. The molecule has 2 rings (SSSR count). The first-order chi connectivity index (χ1) is 5.49. The summed E-state index contributed by atoms with van der Waals surface area (Å²) in [6, 6.07) is 0. The standard InChI is InChI=1S/C9H10O3/c1-9(2)3-5-6(4-9)8(11)12-7(5)10/h3-4H2,1-2H3. The number of carbonyl (C=O) groups excluding carboxylic acids is 2. The van der Waals surface area contributed by atoms with Crippen LogP contribution < -0.4 is 0 Å². The number of carbonyl (C=O) groups is 2. The van der Waals surface area contributed by atoms with Gasteiger partial charge < -0.3 is 4.74 Å². The Bertz CT molecular complexity index is 282. The molecular formula is C9H10O3. The third-order valence-corrected chi connectivity index (χ3v) is 2.35. The van der Waals surface area contributed by atoms with Gasteiger partial charge in [-0.15, -0.1) is 0 Å². The summed E-state index contributed by atoms with van der Waals surface area (Å²) < 4.78 is 4.47. The fraction of sp³-hybridized carbons (Fsp3) is 0.556. The Morgan fingerprint density at radius 1 is 1.08 bits per heavy atom. The van der Waals surface area contributed by atoms with E-state index in [-0.39, 0.29) is 5.41 Å². The number of ether oxygens (including phenoxy) is 1. The van der Waals surface area contributed by atoms with Gasteiger partial charge >= 0.3 is 11.9 Å². The van der Waals surface area contributed by atoms with Crippen LogP contribution in [0.25, 0.3) is 0 Å². The van der Waals surface area contributed by atoms with E-state index >= 15 is 0 Å². The van der Waals surface area contributed by atoms with Gasteiger partial charge in [0.2, 0.25) is 0 Å². The Balaban J connectivity index is 2.37. The SMILES string of the molecule is CC1(C)CC2=C(C1)C(=O)OC2=O. The molecular weight excluding hydrogens is 156 g/mol. The number of esters is 2. The number of rotatable bonds is 0. The average Bonchev–Trinajstić information content (AvgIpc) is 2.34. The van der Waals surface area contributed by atoms with E-state index in [2.05, 4.69) is 4.74 Å². The van der Waals surface area contributed by atoms with Crippen molar-refractivity contribution in [1.82, 2.24) is 0 Å². The van der Waals surface area contributed by atoms with Crippen LogP contribution in [-0.4, -0.2) is 11.9 Å². The third kappa shape index (κ3) is 0.891. The zero-order chi connectivity index (χ0) is 8.93. The predicted molar refractivity (Wildman–Crippen MR) is 41.1 cm³/mol. The Kier molecular flexibility index (Phi) is 1.24. The average molecular weight is 166 g/mol. The lowest BCUT2D eigenvalue weighted by Gasteiger charge is -2.17. The van der Waals surface area contributed by atoms with Crippen LogP contribution in [0.3, 0.4) is 0 Å². The van der Waals surface area contributed by atoms with E-state index in [0.717, 1.165) is 0 Å². The van der Waals surface area contributed by atoms with E-state index in [1.165, 1.54) is 0 Å². The molecule has 0 atom stereocenters. The van der Waals surface area contributed by atoms with Crippen LogP contribution >= 0.6 is 0 Å². The van der Waals surface area contributed by atoms with Crippen molar-refractivity contribution < 1.29 is 14.3 Å². The lowest BCUT2D eigenvalue weighted by molar-refractivity contribution is -0.151. The van der Waals surface area contributed by atoms with E-state index in [9.17, 15) is 9.59 Å². The Morgan fingerprint density at radius 2 is 1.50 bits per heavy atom. The number of hydrogen-bond acceptors (Lipinski definition) is 3. The monoisotopic (exact) mass is 166 g/mol. The highest BCUT2D eigenvalue weighted by Crippen LogP contribution is 2.44. The minimum Gasteiger partial charge on any atom is -0.386 e. The van der Waals surface area contributed by atoms with Crippen LogP contribution in [0.1, 0.15) is 26.7 Å². The highest BCUT2D eigenvalue weighted by atomic mass is 16.6. The number of hydrogen-bond donors (Lipinski definition) is 0. The van der Waals surface area contributed by atoms with Crippen LogP contribution in [0.2, 0.25) is 0 Å². The fourth-order valence-electron chi connectivity index (χ4n) is 1.83. The molecule has 12 heavy (non-hydrogen) atoms. The van der Waals surface area contributed by atoms with Crippen molar-refractivity contribution >= 4 is 11.9 Å². The molecule has 0 aromatic rings. The lowest BCUT2D eigenvalue weighted by atomic mass is 9.88. The molecule has 0 N–H and O–H groups in total.